The summed E-state index contributed by atoms with van der Waals surface area (Å²) < 4.78 is 0. The van der Waals surface area contributed by atoms with E-state index in [9.17, 15) is 4.79 Å². The van der Waals surface area contributed by atoms with Crippen LogP contribution < -0.4 is 4.90 Å². The van der Waals surface area contributed by atoms with Gasteiger partial charge in [0.15, 0.2) is 0 Å². The lowest BCUT2D eigenvalue weighted by atomic mass is 10.2. The predicted molar refractivity (Wildman–Crippen MR) is 110 cm³/mol. The molecular weight excluding hydrogens is 336 g/mol. The second-order valence-electron chi connectivity index (χ2n) is 7.37. The number of rotatable bonds is 7. The van der Waals surface area contributed by atoms with Crippen LogP contribution in [0.3, 0.4) is 0 Å². The number of aryl methyl sites for hydroxylation is 1. The SMILES string of the molecule is Cc1cccc(N2CCN(C(=O)CCN(C)CCc3ccncc3)CC2)c1. The Morgan fingerprint density at radius 2 is 1.81 bits per heavy atom. The number of benzene rings is 1. The fourth-order valence-electron chi connectivity index (χ4n) is 3.46. The molecule has 0 bridgehead atoms. The minimum atomic E-state index is 0.273. The van der Waals surface area contributed by atoms with Crippen LogP contribution in [0.25, 0.3) is 0 Å². The minimum Gasteiger partial charge on any atom is -0.368 e. The molecule has 1 amide bonds. The van der Waals surface area contributed by atoms with Gasteiger partial charge in [-0.25, -0.2) is 0 Å². The normalized spacial score (nSPS) is 14.6. The van der Waals surface area contributed by atoms with Crippen LogP contribution in [-0.4, -0.2) is 67.0 Å². The highest BCUT2D eigenvalue weighted by Gasteiger charge is 2.21. The van der Waals surface area contributed by atoms with Crippen LogP contribution in [0.1, 0.15) is 17.5 Å². The van der Waals surface area contributed by atoms with Gasteiger partial charge in [0.1, 0.15) is 0 Å². The van der Waals surface area contributed by atoms with E-state index in [-0.39, 0.29) is 5.91 Å². The summed E-state index contributed by atoms with van der Waals surface area (Å²) in [6.45, 7) is 7.33. The van der Waals surface area contributed by atoms with E-state index in [1.807, 2.05) is 29.4 Å². The number of carbonyl (C=O) groups is 1. The number of carbonyl (C=O) groups excluding carboxylic acids is 1. The maximum Gasteiger partial charge on any atom is 0.223 e. The first-order valence-electron chi connectivity index (χ1n) is 9.78. The van der Waals surface area contributed by atoms with Crippen molar-refractivity contribution >= 4 is 11.6 Å². The van der Waals surface area contributed by atoms with Gasteiger partial charge in [0.25, 0.3) is 0 Å². The Morgan fingerprint density at radius 3 is 2.52 bits per heavy atom. The topological polar surface area (TPSA) is 39.7 Å². The number of aromatic nitrogens is 1. The third-order valence-corrected chi connectivity index (χ3v) is 5.24. The standard InChI is InChI=1S/C22H30N4O/c1-19-4-3-5-21(18-19)25-14-16-26(17-15-25)22(27)9-13-24(2)12-8-20-6-10-23-11-7-20/h3-7,10-11,18H,8-9,12-17H2,1-2H3. The maximum atomic E-state index is 12.5. The van der Waals surface area contributed by atoms with Crippen LogP contribution in [0.15, 0.2) is 48.8 Å². The van der Waals surface area contributed by atoms with Gasteiger partial charge in [-0.3, -0.25) is 9.78 Å². The highest BCUT2D eigenvalue weighted by atomic mass is 16.2. The largest absolute Gasteiger partial charge is 0.368 e. The molecule has 2 aromatic rings. The van der Waals surface area contributed by atoms with Gasteiger partial charge in [0.2, 0.25) is 5.91 Å². The van der Waals surface area contributed by atoms with E-state index in [0.29, 0.717) is 6.42 Å². The van der Waals surface area contributed by atoms with Crippen LogP contribution in [0.4, 0.5) is 5.69 Å². The summed E-state index contributed by atoms with van der Waals surface area (Å²) in [7, 11) is 2.09. The van der Waals surface area contributed by atoms with Gasteiger partial charge in [-0.15, -0.1) is 0 Å². The summed E-state index contributed by atoms with van der Waals surface area (Å²) >= 11 is 0. The van der Waals surface area contributed by atoms with Crippen LogP contribution in [0.2, 0.25) is 0 Å². The van der Waals surface area contributed by atoms with E-state index in [0.717, 1.165) is 45.7 Å². The van der Waals surface area contributed by atoms with E-state index in [1.165, 1.54) is 16.8 Å². The molecule has 0 saturated carbocycles. The smallest absolute Gasteiger partial charge is 0.223 e. The van der Waals surface area contributed by atoms with Crippen molar-refractivity contribution in [2.45, 2.75) is 19.8 Å². The molecule has 1 saturated heterocycles. The molecule has 5 heteroatoms. The van der Waals surface area contributed by atoms with Gasteiger partial charge in [-0.05, 0) is 55.8 Å². The molecule has 144 valence electrons. The Morgan fingerprint density at radius 1 is 1.07 bits per heavy atom. The van der Waals surface area contributed by atoms with Gasteiger partial charge in [0, 0.05) is 63.8 Å². The zero-order chi connectivity index (χ0) is 19.1. The number of anilines is 1. The van der Waals surface area contributed by atoms with Gasteiger partial charge in [-0.1, -0.05) is 12.1 Å². The van der Waals surface area contributed by atoms with Crippen LogP contribution in [0.5, 0.6) is 0 Å². The lowest BCUT2D eigenvalue weighted by Gasteiger charge is -2.36. The van der Waals surface area contributed by atoms with Gasteiger partial charge in [-0.2, -0.15) is 0 Å². The molecule has 1 aliphatic rings. The number of hydrogen-bond acceptors (Lipinski definition) is 4. The van der Waals surface area contributed by atoms with Gasteiger partial charge in [0.05, 0.1) is 0 Å². The summed E-state index contributed by atoms with van der Waals surface area (Å²) in [6, 6.07) is 12.7. The van der Waals surface area contributed by atoms with Crippen molar-refractivity contribution < 1.29 is 4.79 Å². The zero-order valence-electron chi connectivity index (χ0n) is 16.5. The first-order valence-corrected chi connectivity index (χ1v) is 9.78. The molecule has 2 heterocycles. The molecule has 1 aromatic heterocycles. The minimum absolute atomic E-state index is 0.273. The Bertz CT molecular complexity index is 726. The summed E-state index contributed by atoms with van der Waals surface area (Å²) in [5.74, 6) is 0.273. The second kappa shape index (κ2) is 9.51. The number of likely N-dealkylation sites (N-methyl/N-ethyl adjacent to an activating group) is 1. The summed E-state index contributed by atoms with van der Waals surface area (Å²) in [6.07, 6.45) is 5.24. The Hall–Kier alpha value is -2.40. The molecule has 5 nitrogen and oxygen atoms in total. The first-order chi connectivity index (χ1) is 13.1. The lowest BCUT2D eigenvalue weighted by Crippen LogP contribution is -2.49. The third kappa shape index (κ3) is 5.79. The molecule has 3 rings (SSSR count). The molecule has 0 unspecified atom stereocenters. The Balaban J connectivity index is 1.38. The fourth-order valence-corrected chi connectivity index (χ4v) is 3.46. The molecule has 0 N–H and O–H groups in total. The molecule has 27 heavy (non-hydrogen) atoms. The van der Waals surface area contributed by atoms with Crippen molar-refractivity contribution in [1.29, 1.82) is 0 Å². The predicted octanol–water partition coefficient (Wildman–Crippen LogP) is 2.60. The highest BCUT2D eigenvalue weighted by Crippen LogP contribution is 2.18. The van der Waals surface area contributed by atoms with Crippen molar-refractivity contribution in [3.8, 4) is 0 Å². The summed E-state index contributed by atoms with van der Waals surface area (Å²) in [4.78, 5) is 23.2. The molecule has 1 aromatic carbocycles. The number of hydrogen-bond donors (Lipinski definition) is 0. The molecule has 0 radical (unpaired) electrons. The molecule has 0 aliphatic carbocycles. The number of amides is 1. The fraction of sp³-hybridized carbons (Fsp3) is 0.455. The Labute approximate surface area is 162 Å². The van der Waals surface area contributed by atoms with Crippen molar-refractivity contribution in [2.75, 3.05) is 51.2 Å². The van der Waals surface area contributed by atoms with E-state index in [4.69, 9.17) is 0 Å². The maximum absolute atomic E-state index is 12.5. The van der Waals surface area contributed by atoms with Gasteiger partial charge >= 0.3 is 0 Å². The van der Waals surface area contributed by atoms with Crippen molar-refractivity contribution in [1.82, 2.24) is 14.8 Å². The quantitative estimate of drug-likeness (QED) is 0.755. The molecule has 1 aliphatic heterocycles. The van der Waals surface area contributed by atoms with E-state index in [1.54, 1.807) is 0 Å². The zero-order valence-corrected chi connectivity index (χ0v) is 16.5. The Kier molecular flexibility index (Phi) is 6.82. The second-order valence-corrected chi connectivity index (χ2v) is 7.37. The van der Waals surface area contributed by atoms with Gasteiger partial charge < -0.3 is 14.7 Å². The lowest BCUT2D eigenvalue weighted by molar-refractivity contribution is -0.131. The van der Waals surface area contributed by atoms with Crippen LogP contribution in [0, 0.1) is 6.92 Å². The van der Waals surface area contributed by atoms with Crippen molar-refractivity contribution in [2.24, 2.45) is 0 Å². The van der Waals surface area contributed by atoms with Crippen molar-refractivity contribution in [3.63, 3.8) is 0 Å². The number of nitrogens with zero attached hydrogens (tertiary/aromatic N) is 4. The van der Waals surface area contributed by atoms with E-state index in [2.05, 4.69) is 53.0 Å². The van der Waals surface area contributed by atoms with Crippen molar-refractivity contribution in [3.05, 3.63) is 59.9 Å². The van der Waals surface area contributed by atoms with Crippen LogP contribution in [-0.2, 0) is 11.2 Å². The molecule has 0 spiro atoms. The van der Waals surface area contributed by atoms with E-state index < -0.39 is 0 Å². The average molecular weight is 367 g/mol. The average Bonchev–Trinajstić information content (AvgIpc) is 2.71. The monoisotopic (exact) mass is 366 g/mol. The number of pyridine rings is 1. The first kappa shape index (κ1) is 19.4. The molecule has 1 fully saturated rings. The molecule has 0 atom stereocenters. The van der Waals surface area contributed by atoms with Crippen LogP contribution >= 0.6 is 0 Å². The summed E-state index contributed by atoms with van der Waals surface area (Å²) in [5.41, 5.74) is 3.83. The molecular formula is C22H30N4O. The number of piperazine rings is 1. The third-order valence-electron chi connectivity index (χ3n) is 5.24. The van der Waals surface area contributed by atoms with E-state index >= 15 is 0 Å². The summed E-state index contributed by atoms with van der Waals surface area (Å²) in [5, 5.41) is 0. The highest BCUT2D eigenvalue weighted by molar-refractivity contribution is 5.76.